The van der Waals surface area contributed by atoms with Gasteiger partial charge in [-0.05, 0) is 64.2 Å². The van der Waals surface area contributed by atoms with Gasteiger partial charge in [-0.3, -0.25) is 9.59 Å². The van der Waals surface area contributed by atoms with Crippen molar-refractivity contribution in [2.24, 2.45) is 35.5 Å². The molecular formula is C17H15BrClNO3. The second-order valence-electron chi connectivity index (χ2n) is 6.61. The third kappa shape index (κ3) is 2.41. The van der Waals surface area contributed by atoms with Crippen LogP contribution in [0.2, 0.25) is 5.02 Å². The minimum atomic E-state index is -0.872. The largest absolute Gasteiger partial charge is 0.481 e. The number of benzene rings is 1. The minimum Gasteiger partial charge on any atom is -0.481 e. The fraction of sp³-hybridized carbons (Fsp3) is 0.412. The highest BCUT2D eigenvalue weighted by Gasteiger charge is 2.62. The summed E-state index contributed by atoms with van der Waals surface area (Å²) in [5, 5.41) is 13.0. The zero-order valence-electron chi connectivity index (χ0n) is 12.1. The Kier molecular flexibility index (Phi) is 3.54. The molecule has 2 N–H and O–H groups in total. The molecular weight excluding hydrogens is 382 g/mol. The lowest BCUT2D eigenvalue weighted by Gasteiger charge is -2.41. The maximum absolute atomic E-state index is 12.8. The van der Waals surface area contributed by atoms with Crippen LogP contribution < -0.4 is 5.32 Å². The number of aliphatic carboxylic acids is 1. The van der Waals surface area contributed by atoms with Crippen LogP contribution >= 0.6 is 27.5 Å². The standard InChI is InChI=1S/C17H15BrClNO3/c18-12-4-1-7(5-13(12)19)20-16(21)14-8-2-3-9(11-6-10(8)11)15(14)17(22)23/h1-5,8-11,14-15H,6H2,(H,20,21)(H,22,23)/t8-,9-,10-,11-,14+,15+/m0/s1. The molecule has 120 valence electrons. The van der Waals surface area contributed by atoms with Gasteiger partial charge in [-0.25, -0.2) is 0 Å². The number of nitrogens with one attached hydrogen (secondary N) is 1. The van der Waals surface area contributed by atoms with Gasteiger partial charge in [0.05, 0.1) is 16.9 Å². The zero-order chi connectivity index (χ0) is 16.3. The number of carboxylic acid groups (broad SMARTS) is 1. The van der Waals surface area contributed by atoms with Gasteiger partial charge in [0.2, 0.25) is 5.91 Å². The van der Waals surface area contributed by atoms with Crippen molar-refractivity contribution < 1.29 is 14.7 Å². The molecule has 23 heavy (non-hydrogen) atoms. The molecule has 4 nitrogen and oxygen atoms in total. The minimum absolute atomic E-state index is 0.00763. The lowest BCUT2D eigenvalue weighted by molar-refractivity contribution is -0.152. The van der Waals surface area contributed by atoms with E-state index in [2.05, 4.69) is 27.3 Å². The molecule has 0 aromatic heterocycles. The number of carbonyl (C=O) groups excluding carboxylic acids is 1. The number of allylic oxidation sites excluding steroid dienone is 2. The molecule has 0 unspecified atom stereocenters. The molecule has 4 aliphatic carbocycles. The Bertz CT molecular complexity index is 735. The van der Waals surface area contributed by atoms with Gasteiger partial charge >= 0.3 is 5.97 Å². The van der Waals surface area contributed by atoms with E-state index in [0.29, 0.717) is 22.5 Å². The molecule has 0 saturated heterocycles. The van der Waals surface area contributed by atoms with E-state index in [4.69, 9.17) is 11.6 Å². The van der Waals surface area contributed by atoms with Crippen molar-refractivity contribution in [1.82, 2.24) is 0 Å². The number of hydrogen-bond acceptors (Lipinski definition) is 2. The number of carbonyl (C=O) groups is 2. The third-order valence-electron chi connectivity index (χ3n) is 5.43. The molecule has 4 aliphatic rings. The molecule has 2 bridgehead atoms. The van der Waals surface area contributed by atoms with Gasteiger partial charge in [0.15, 0.2) is 0 Å². The molecule has 0 spiro atoms. The van der Waals surface area contributed by atoms with Gasteiger partial charge in [-0.2, -0.15) is 0 Å². The van der Waals surface area contributed by atoms with Crippen LogP contribution in [0.3, 0.4) is 0 Å². The maximum Gasteiger partial charge on any atom is 0.307 e. The van der Waals surface area contributed by atoms with E-state index in [1.165, 1.54) is 0 Å². The van der Waals surface area contributed by atoms with Crippen molar-refractivity contribution in [3.63, 3.8) is 0 Å². The van der Waals surface area contributed by atoms with Crippen LogP contribution in [0.25, 0.3) is 0 Å². The van der Waals surface area contributed by atoms with Gasteiger partial charge in [0, 0.05) is 10.2 Å². The topological polar surface area (TPSA) is 66.4 Å². The Morgan fingerprint density at radius 2 is 1.83 bits per heavy atom. The Labute approximate surface area is 147 Å². The van der Waals surface area contributed by atoms with Crippen molar-refractivity contribution in [2.45, 2.75) is 6.42 Å². The first-order chi connectivity index (χ1) is 11.0. The molecule has 6 heteroatoms. The fourth-order valence-electron chi connectivity index (χ4n) is 4.37. The van der Waals surface area contributed by atoms with Crippen LogP contribution in [0.4, 0.5) is 5.69 Å². The summed E-state index contributed by atoms with van der Waals surface area (Å²) in [6.07, 6.45) is 5.11. The highest BCUT2D eigenvalue weighted by atomic mass is 79.9. The first-order valence-electron chi connectivity index (χ1n) is 7.64. The Morgan fingerprint density at radius 3 is 2.43 bits per heavy atom. The van der Waals surface area contributed by atoms with Crippen LogP contribution in [0, 0.1) is 35.5 Å². The normalized spacial score (nSPS) is 36.4. The number of fused-ring (bicyclic) bond motifs is 1. The van der Waals surface area contributed by atoms with E-state index < -0.39 is 17.8 Å². The second-order valence-corrected chi connectivity index (χ2v) is 7.87. The summed E-state index contributed by atoms with van der Waals surface area (Å²) in [5.41, 5.74) is 0.588. The average Bonchev–Trinajstić information content (AvgIpc) is 3.32. The number of amides is 1. The first-order valence-corrected chi connectivity index (χ1v) is 8.81. The smallest absolute Gasteiger partial charge is 0.307 e. The van der Waals surface area contributed by atoms with E-state index in [-0.39, 0.29) is 17.7 Å². The van der Waals surface area contributed by atoms with Crippen molar-refractivity contribution in [1.29, 1.82) is 0 Å². The van der Waals surface area contributed by atoms with Crippen LogP contribution in [0.15, 0.2) is 34.8 Å². The molecule has 5 rings (SSSR count). The molecule has 2 fully saturated rings. The van der Waals surface area contributed by atoms with Crippen LogP contribution in [0.5, 0.6) is 0 Å². The summed E-state index contributed by atoms with van der Waals surface area (Å²) in [7, 11) is 0. The summed E-state index contributed by atoms with van der Waals surface area (Å²) < 4.78 is 0.751. The highest BCUT2D eigenvalue weighted by molar-refractivity contribution is 9.10. The molecule has 1 aromatic carbocycles. The number of carboxylic acids is 1. The molecule has 0 aliphatic heterocycles. The quantitative estimate of drug-likeness (QED) is 0.764. The predicted octanol–water partition coefficient (Wildman–Crippen LogP) is 3.81. The summed E-state index contributed by atoms with van der Waals surface area (Å²) in [6.45, 7) is 0. The monoisotopic (exact) mass is 395 g/mol. The molecule has 0 radical (unpaired) electrons. The molecule has 0 heterocycles. The van der Waals surface area contributed by atoms with E-state index in [0.717, 1.165) is 10.9 Å². The molecule has 6 atom stereocenters. The summed E-state index contributed by atoms with van der Waals surface area (Å²) in [4.78, 5) is 24.5. The maximum atomic E-state index is 12.8. The van der Waals surface area contributed by atoms with E-state index in [1.807, 2.05) is 6.08 Å². The van der Waals surface area contributed by atoms with Crippen molar-refractivity contribution in [2.75, 3.05) is 5.32 Å². The van der Waals surface area contributed by atoms with Crippen molar-refractivity contribution >= 4 is 45.1 Å². The summed E-state index contributed by atoms with van der Waals surface area (Å²) in [5.74, 6) is -1.26. The summed E-state index contributed by atoms with van der Waals surface area (Å²) >= 11 is 9.36. The Morgan fingerprint density at radius 1 is 1.17 bits per heavy atom. The van der Waals surface area contributed by atoms with E-state index in [1.54, 1.807) is 18.2 Å². The number of anilines is 1. The van der Waals surface area contributed by atoms with Gasteiger partial charge in [-0.15, -0.1) is 0 Å². The third-order valence-corrected chi connectivity index (χ3v) is 6.66. The average molecular weight is 397 g/mol. The first kappa shape index (κ1) is 15.2. The SMILES string of the molecule is O=C(O)[C@@H]1[C@H]2C=C[C@@H]([C@@H]3C[C@@H]23)[C@H]1C(=O)Nc1ccc(Br)c(Cl)c1. The highest BCUT2D eigenvalue weighted by Crippen LogP contribution is 2.63. The molecule has 1 amide bonds. The van der Waals surface area contributed by atoms with Crippen LogP contribution in [-0.4, -0.2) is 17.0 Å². The molecule has 1 aromatic rings. The number of halogens is 2. The van der Waals surface area contributed by atoms with Crippen molar-refractivity contribution in [3.8, 4) is 0 Å². The van der Waals surface area contributed by atoms with Gasteiger partial charge in [0.1, 0.15) is 0 Å². The number of rotatable bonds is 3. The lowest BCUT2D eigenvalue weighted by atomic mass is 9.62. The van der Waals surface area contributed by atoms with Gasteiger partial charge in [-0.1, -0.05) is 23.8 Å². The van der Waals surface area contributed by atoms with E-state index in [9.17, 15) is 14.7 Å². The second kappa shape index (κ2) is 5.35. The predicted molar refractivity (Wildman–Crippen MR) is 90.1 cm³/mol. The van der Waals surface area contributed by atoms with Crippen LogP contribution in [-0.2, 0) is 9.59 Å². The van der Waals surface area contributed by atoms with E-state index >= 15 is 0 Å². The van der Waals surface area contributed by atoms with Gasteiger partial charge < -0.3 is 10.4 Å². The summed E-state index contributed by atoms with van der Waals surface area (Å²) in [6, 6.07) is 5.17. The van der Waals surface area contributed by atoms with Crippen molar-refractivity contribution in [3.05, 3.63) is 39.8 Å². The zero-order valence-corrected chi connectivity index (χ0v) is 14.4. The Balaban J connectivity index is 1.60. The van der Waals surface area contributed by atoms with Crippen LogP contribution in [0.1, 0.15) is 6.42 Å². The number of hydrogen-bond donors (Lipinski definition) is 2. The van der Waals surface area contributed by atoms with Gasteiger partial charge in [0.25, 0.3) is 0 Å². The molecule has 2 saturated carbocycles. The Hall–Kier alpha value is -1.33. The fourth-order valence-corrected chi connectivity index (χ4v) is 4.80. The lowest BCUT2D eigenvalue weighted by Crippen LogP contribution is -2.48.